The van der Waals surface area contributed by atoms with Crippen molar-refractivity contribution in [1.29, 1.82) is 0 Å². The van der Waals surface area contributed by atoms with Gasteiger partial charge in [0.1, 0.15) is 23.8 Å². The van der Waals surface area contributed by atoms with E-state index in [2.05, 4.69) is 25.3 Å². The molecule has 11 heterocycles. The molecule has 28 nitrogen and oxygen atoms in total. The average molecular weight is 2070 g/mol. The van der Waals surface area contributed by atoms with Crippen molar-refractivity contribution in [3.8, 4) is 0 Å². The number of nitrogens with zero attached hydrogens (tertiary/aromatic N) is 12. The van der Waals surface area contributed by atoms with Gasteiger partial charge in [0, 0.05) is 133 Å². The lowest BCUT2D eigenvalue weighted by atomic mass is 10.2. The van der Waals surface area contributed by atoms with Gasteiger partial charge >= 0.3 is 18.5 Å². The molecule has 11 aromatic heterocycles. The van der Waals surface area contributed by atoms with Crippen molar-refractivity contribution in [2.75, 3.05) is 129 Å². The van der Waals surface area contributed by atoms with E-state index in [1.807, 2.05) is 168 Å². The first-order valence-electron chi connectivity index (χ1n) is 42.8. The van der Waals surface area contributed by atoms with E-state index in [-0.39, 0.29) is 110 Å². The topological polar surface area (TPSA) is 359 Å². The van der Waals surface area contributed by atoms with Crippen molar-refractivity contribution >= 4 is 120 Å². The number of methoxy groups -OCH3 is 3. The van der Waals surface area contributed by atoms with Crippen molar-refractivity contribution in [2.45, 2.75) is 181 Å². The van der Waals surface area contributed by atoms with Crippen LogP contribution in [-0.4, -0.2) is 254 Å². The molecule has 11 aromatic rings. The lowest BCUT2D eigenvalue weighted by molar-refractivity contribution is -0.145. The van der Waals surface area contributed by atoms with Crippen LogP contribution in [0.1, 0.15) is 197 Å². The number of primary amides is 1. The number of nitrogens with two attached hydrogens (primary N) is 1. The summed E-state index contributed by atoms with van der Waals surface area (Å²) in [7, 11) is 14.1. The number of aliphatic hydroxyl groups is 5. The highest BCUT2D eigenvalue weighted by atomic mass is 32.1. The van der Waals surface area contributed by atoms with Crippen molar-refractivity contribution in [1.82, 2.24) is 58.7 Å². The second-order valence-corrected chi connectivity index (χ2v) is 39.5. The van der Waals surface area contributed by atoms with Crippen LogP contribution in [0, 0.1) is 96.9 Å². The number of hydrogen-bond donors (Lipinski definition) is 6. The Bertz CT molecular complexity index is 5280. The van der Waals surface area contributed by atoms with E-state index in [9.17, 15) is 73.1 Å². The maximum atomic E-state index is 12.5. The molecule has 0 atom stereocenters. The standard InChI is InChI=1S/C12H19NO3S.C11H17NOS.C9H13NO2S.C9H12O2S.2C8H11F3N2O.C8H11NOS.C8H10OS.C7H9F3N2O.C7H12N2O.C6H7NOS/c1-10-4-5-11(17-10)12(14)13(6-8-15-2)7-9-16-3;1-9-6-7-11(14-9)10(13)5-4-8-12(2)3;1-7-4-5-8(13-7)9(11)10(2)6-12-3;1-7-4-5-9(12-7)8(11)3-2-6-10;2*1-5-6(2)12-13(3-4-14)7(5)8(9,10)11;1-6-4-5-7(11-6)8(10)9(2)3;1-3-7(9)8-5-4-6(2)10-8;1-5-4-11-12(2-3-13)6(5)7(8,9)10;1-6-5-9(3-4-10)8-7(6)2;1-4-2-3-5(9-4)6(7)8/h4-5H,6-9H2,1-3H3;6-7H,4-5,8H2,1-3H3;4-5H,6H2,1-3H3;4-5,10H,2-3,6H2,1H3;2*14H,3-4H2,1-2H3;4-5H,1-3H3;4-5H,3H2,1-2H3;4,13H,2-3H2,1H3;5,10H,3-4H2,1-2H3;2-3H,1H3,(H2,7,8). The fraction of sp³-hybridized carbons (Fsp3) is 0.495. The third-order valence-electron chi connectivity index (χ3n) is 18.4. The third-order valence-corrected chi connectivity index (χ3v) is 25.5. The van der Waals surface area contributed by atoms with Crippen LogP contribution < -0.4 is 5.73 Å². The van der Waals surface area contributed by atoms with Crippen molar-refractivity contribution < 1.29 is 113 Å². The Morgan fingerprint density at radius 1 is 0.394 bits per heavy atom. The zero-order valence-corrected chi connectivity index (χ0v) is 87.6. The fourth-order valence-electron chi connectivity index (χ4n) is 11.2. The van der Waals surface area contributed by atoms with Crippen LogP contribution in [0.2, 0.25) is 0 Å². The van der Waals surface area contributed by atoms with Crippen LogP contribution in [0.3, 0.4) is 0 Å². The van der Waals surface area contributed by atoms with E-state index in [1.165, 1.54) is 111 Å². The minimum absolute atomic E-state index is 0.0138. The lowest BCUT2D eigenvalue weighted by Gasteiger charge is -2.21. The van der Waals surface area contributed by atoms with Crippen LogP contribution in [0.15, 0.2) is 97.3 Å². The van der Waals surface area contributed by atoms with Gasteiger partial charge in [0.15, 0.2) is 17.3 Å². The normalized spacial score (nSPS) is 10.8. The number of amides is 4. The monoisotopic (exact) mass is 2070 g/mol. The van der Waals surface area contributed by atoms with Crippen LogP contribution in [0.5, 0.6) is 0 Å². The van der Waals surface area contributed by atoms with Gasteiger partial charge in [-0.15, -0.1) is 79.4 Å². The van der Waals surface area contributed by atoms with Gasteiger partial charge in [0.2, 0.25) is 0 Å². The first-order chi connectivity index (χ1) is 64.2. The van der Waals surface area contributed by atoms with Crippen LogP contribution >= 0.6 is 79.4 Å². The molecule has 0 radical (unpaired) electrons. The molecule has 0 fully saturated rings. The molecule has 0 saturated carbocycles. The Morgan fingerprint density at radius 2 is 0.737 bits per heavy atom. The minimum Gasteiger partial charge on any atom is -0.396 e. The van der Waals surface area contributed by atoms with Gasteiger partial charge < -0.3 is 65.1 Å². The number of aryl methyl sites for hydroxylation is 12. The minimum atomic E-state index is -4.42. The number of Topliss-reactive ketones (excluding diaryl/α,β-unsaturated/α-hetero) is 3. The summed E-state index contributed by atoms with van der Waals surface area (Å²) in [4.78, 5) is 100. The number of ether oxygens (including phenoxy) is 3. The number of aliphatic hydroxyl groups excluding tert-OH is 5. The summed E-state index contributed by atoms with van der Waals surface area (Å²) in [5.41, 5.74) is 5.85. The van der Waals surface area contributed by atoms with E-state index in [4.69, 9.17) is 45.5 Å². The molecule has 0 aliphatic carbocycles. The van der Waals surface area contributed by atoms with Gasteiger partial charge in [0.25, 0.3) is 23.6 Å². The molecule has 4 amide bonds. The Labute approximate surface area is 824 Å². The lowest BCUT2D eigenvalue weighted by Crippen LogP contribution is -2.36. The first-order valence-corrected chi connectivity index (χ1v) is 48.5. The molecule has 137 heavy (non-hydrogen) atoms. The van der Waals surface area contributed by atoms with E-state index in [0.29, 0.717) is 81.5 Å². The highest BCUT2D eigenvalue weighted by Crippen LogP contribution is 2.36. The smallest absolute Gasteiger partial charge is 0.396 e. The van der Waals surface area contributed by atoms with Gasteiger partial charge in [-0.2, -0.15) is 59.9 Å². The Kier molecular flexibility index (Phi) is 59.4. The third kappa shape index (κ3) is 47.4. The molecule has 0 aliphatic rings. The summed E-state index contributed by atoms with van der Waals surface area (Å²) < 4.78 is 131. The van der Waals surface area contributed by atoms with Crippen molar-refractivity contribution in [3.63, 3.8) is 0 Å². The van der Waals surface area contributed by atoms with Crippen LogP contribution in [-0.2, 0) is 58.9 Å². The molecule has 0 saturated heterocycles. The number of aromatic nitrogens is 8. The predicted octanol–water partition coefficient (Wildman–Crippen LogP) is 18.4. The summed E-state index contributed by atoms with van der Waals surface area (Å²) in [5.74, 6) is 0.485. The summed E-state index contributed by atoms with van der Waals surface area (Å²) in [6.07, 6.45) is -6.92. The summed E-state index contributed by atoms with van der Waals surface area (Å²) in [6, 6.07) is 26.7. The number of thiophene rings is 7. The average Bonchev–Trinajstić information content (AvgIpc) is 1.83. The fourth-order valence-corrected chi connectivity index (χ4v) is 17.1. The Balaban J connectivity index is 0.000000756. The zero-order chi connectivity index (χ0) is 104. The van der Waals surface area contributed by atoms with Gasteiger partial charge in [-0.1, -0.05) is 6.92 Å². The number of hydrogen-bond acceptors (Lipinski definition) is 27. The van der Waals surface area contributed by atoms with Gasteiger partial charge in [-0.05, 0) is 226 Å². The molecule has 44 heteroatoms. The van der Waals surface area contributed by atoms with Gasteiger partial charge in [0.05, 0.1) is 123 Å². The van der Waals surface area contributed by atoms with Crippen molar-refractivity contribution in [2.24, 2.45) is 5.73 Å². The number of halogens is 9. The number of ketones is 3. The van der Waals surface area contributed by atoms with E-state index in [0.717, 1.165) is 87.7 Å². The molecule has 764 valence electrons. The molecule has 0 aliphatic heterocycles. The van der Waals surface area contributed by atoms with E-state index in [1.54, 1.807) is 90.6 Å². The second-order valence-electron chi connectivity index (χ2n) is 30.5. The Morgan fingerprint density at radius 3 is 1.03 bits per heavy atom. The van der Waals surface area contributed by atoms with Crippen molar-refractivity contribution in [3.05, 3.63) is 222 Å². The number of rotatable bonds is 31. The number of carbonyl (C=O) groups is 7. The molecular formula is C93H132F9N13O15S7. The maximum Gasteiger partial charge on any atom is 0.433 e. The van der Waals surface area contributed by atoms with E-state index >= 15 is 0 Å². The molecule has 0 aromatic carbocycles. The predicted molar refractivity (Wildman–Crippen MR) is 526 cm³/mol. The summed E-state index contributed by atoms with van der Waals surface area (Å²) >= 11 is 10.7. The second kappa shape index (κ2) is 64.8. The molecule has 0 spiro atoms. The van der Waals surface area contributed by atoms with Crippen LogP contribution in [0.4, 0.5) is 39.5 Å². The largest absolute Gasteiger partial charge is 0.433 e. The molecule has 0 bridgehead atoms. The highest BCUT2D eigenvalue weighted by Gasteiger charge is 2.40. The zero-order valence-electron chi connectivity index (χ0n) is 81.9. The number of alkyl halides is 9. The first kappa shape index (κ1) is 126. The maximum absolute atomic E-state index is 12.5. The van der Waals surface area contributed by atoms with Gasteiger partial charge in [-0.25, -0.2) is 0 Å². The molecule has 11 rings (SSSR count). The van der Waals surface area contributed by atoms with E-state index < -0.39 is 35.6 Å². The Hall–Kier alpha value is -9.36. The summed E-state index contributed by atoms with van der Waals surface area (Å²) in [5, 5.41) is 57.8. The van der Waals surface area contributed by atoms with Gasteiger partial charge in [-0.3, -0.25) is 52.3 Å². The molecule has 7 N–H and O–H groups in total. The van der Waals surface area contributed by atoms with Crippen LogP contribution in [0.25, 0.3) is 0 Å². The SMILES string of the molecule is CCC(=O)c1ccc(C)s1.COCCN(CCOC)C(=O)c1ccc(C)s1.COCN(C)C(=O)c1ccc(C)s1.Cc1ccc(C(=O)CCCN(C)C)s1.Cc1ccc(C(=O)CCCO)s1.Cc1ccc(C(=O)N(C)C)s1.Cc1ccc(C(N)=O)s1.Cc1cn(CCO)nc1C.Cc1cnn(CCO)c1C(F)(F)F.Cc1nn(CCO)c(C(F)(F)F)c1C.Cc1nn(CCO)c(C(F)(F)F)c1C. The summed E-state index contributed by atoms with van der Waals surface area (Å²) in [6.45, 7) is 29.8. The highest BCUT2D eigenvalue weighted by molar-refractivity contribution is 7.16. The molecular weight excluding hydrogens is 1930 g/mol. The quantitative estimate of drug-likeness (QED) is 0.0133. The number of carbonyl (C=O) groups excluding carboxylic acids is 7. The molecule has 0 unspecified atom stereocenters.